The summed E-state index contributed by atoms with van der Waals surface area (Å²) in [6, 6.07) is 14.2. The lowest BCUT2D eigenvalue weighted by molar-refractivity contribution is -0.113. The number of hydrogen-bond acceptors (Lipinski definition) is 4. The Morgan fingerprint density at radius 3 is 2.29 bits per heavy atom. The summed E-state index contributed by atoms with van der Waals surface area (Å²) < 4.78 is 0. The van der Waals surface area contributed by atoms with Gasteiger partial charge in [0.05, 0.1) is 5.75 Å². The second kappa shape index (κ2) is 9.28. The van der Waals surface area contributed by atoms with E-state index in [-0.39, 0.29) is 17.2 Å². The molecule has 0 saturated heterocycles. The number of benzene rings is 2. The van der Waals surface area contributed by atoms with Crippen LogP contribution in [0.15, 0.2) is 58.5 Å². The highest BCUT2D eigenvalue weighted by atomic mass is 35.5. The first-order chi connectivity index (χ1) is 13.4. The molecular formula is C20H17Cl2N3O2S. The third kappa shape index (κ3) is 5.61. The van der Waals surface area contributed by atoms with Crippen molar-refractivity contribution in [3.63, 3.8) is 0 Å². The Kier molecular flexibility index (Phi) is 6.78. The molecule has 144 valence electrons. The molecule has 0 bridgehead atoms. The average Bonchev–Trinajstić information content (AvgIpc) is 2.66. The molecule has 0 unspecified atom stereocenters. The molecule has 0 saturated carbocycles. The normalized spacial score (nSPS) is 10.7. The van der Waals surface area contributed by atoms with E-state index in [2.05, 4.69) is 15.3 Å². The smallest absolute Gasteiger partial charge is 0.255 e. The number of aromatic nitrogens is 2. The molecule has 0 spiro atoms. The van der Waals surface area contributed by atoms with Crippen LogP contribution in [-0.2, 0) is 11.2 Å². The van der Waals surface area contributed by atoms with Crippen molar-refractivity contribution in [2.24, 2.45) is 0 Å². The number of thioether (sulfide) groups is 1. The minimum Gasteiger partial charge on any atom is -0.325 e. The summed E-state index contributed by atoms with van der Waals surface area (Å²) in [6.07, 6.45) is 0.466. The summed E-state index contributed by atoms with van der Waals surface area (Å²) in [6.45, 7) is 1.79. The van der Waals surface area contributed by atoms with E-state index in [4.69, 9.17) is 23.2 Å². The van der Waals surface area contributed by atoms with Gasteiger partial charge in [-0.1, -0.05) is 47.1 Å². The summed E-state index contributed by atoms with van der Waals surface area (Å²) in [5.74, 6) is -0.0699. The van der Waals surface area contributed by atoms with Crippen molar-refractivity contribution in [2.75, 3.05) is 11.1 Å². The zero-order chi connectivity index (χ0) is 20.1. The zero-order valence-corrected chi connectivity index (χ0v) is 17.3. The van der Waals surface area contributed by atoms with Gasteiger partial charge >= 0.3 is 0 Å². The topological polar surface area (TPSA) is 74.8 Å². The number of aromatic amines is 1. The van der Waals surface area contributed by atoms with Gasteiger partial charge in [-0.3, -0.25) is 9.59 Å². The Hall–Kier alpha value is -2.28. The van der Waals surface area contributed by atoms with Gasteiger partial charge in [-0.2, -0.15) is 0 Å². The quantitative estimate of drug-likeness (QED) is 0.436. The fourth-order valence-corrected chi connectivity index (χ4v) is 3.49. The number of nitrogens with zero attached hydrogens (tertiary/aromatic N) is 1. The van der Waals surface area contributed by atoms with Crippen LogP contribution < -0.4 is 10.9 Å². The molecule has 5 nitrogen and oxygen atoms in total. The van der Waals surface area contributed by atoms with Crippen molar-refractivity contribution in [2.45, 2.75) is 18.5 Å². The van der Waals surface area contributed by atoms with Gasteiger partial charge in [-0.15, -0.1) is 0 Å². The van der Waals surface area contributed by atoms with Crippen LogP contribution in [0.4, 0.5) is 5.69 Å². The predicted molar refractivity (Wildman–Crippen MR) is 115 cm³/mol. The van der Waals surface area contributed by atoms with E-state index in [0.717, 1.165) is 5.56 Å². The van der Waals surface area contributed by atoms with Crippen molar-refractivity contribution >= 4 is 46.6 Å². The number of aryl methyl sites for hydroxylation is 1. The van der Waals surface area contributed by atoms with Gasteiger partial charge in [-0.05, 0) is 48.9 Å². The highest BCUT2D eigenvalue weighted by molar-refractivity contribution is 7.99. The van der Waals surface area contributed by atoms with Crippen LogP contribution in [0.3, 0.4) is 0 Å². The second-order valence-corrected chi connectivity index (χ2v) is 7.92. The van der Waals surface area contributed by atoms with Crippen molar-refractivity contribution in [3.05, 3.63) is 85.8 Å². The Labute approximate surface area is 176 Å². The fraction of sp³-hybridized carbons (Fsp3) is 0.150. The van der Waals surface area contributed by atoms with Crippen LogP contribution in [0.5, 0.6) is 0 Å². The van der Waals surface area contributed by atoms with Crippen molar-refractivity contribution in [1.82, 2.24) is 9.97 Å². The third-order valence-electron chi connectivity index (χ3n) is 3.96. The molecule has 8 heteroatoms. The maximum Gasteiger partial charge on any atom is 0.255 e. The largest absolute Gasteiger partial charge is 0.325 e. The first-order valence-electron chi connectivity index (χ1n) is 8.43. The Balaban J connectivity index is 1.63. The lowest BCUT2D eigenvalue weighted by atomic mass is 10.1. The van der Waals surface area contributed by atoms with Crippen LogP contribution in [0.1, 0.15) is 16.8 Å². The molecule has 0 aliphatic heterocycles. The van der Waals surface area contributed by atoms with E-state index >= 15 is 0 Å². The van der Waals surface area contributed by atoms with E-state index < -0.39 is 0 Å². The minimum atomic E-state index is -0.206. The number of anilines is 1. The molecule has 0 atom stereocenters. The van der Waals surface area contributed by atoms with Gasteiger partial charge in [0.2, 0.25) is 5.91 Å². The molecule has 3 rings (SSSR count). The molecule has 0 radical (unpaired) electrons. The number of nitrogens with one attached hydrogen (secondary N) is 2. The minimum absolute atomic E-state index is 0.127. The standard InChI is InChI=1S/C20H17Cl2N3O2S/c1-12-17(10-13-2-4-14(21)5-3-13)19(27)25-20(23-12)28-11-18(26)24-16-8-6-15(22)7-9-16/h2-9H,10-11H2,1H3,(H,24,26)(H,23,25,27). The van der Waals surface area contributed by atoms with Crippen LogP contribution in [-0.4, -0.2) is 21.6 Å². The first-order valence-corrected chi connectivity index (χ1v) is 10.2. The molecule has 3 aromatic rings. The number of halogens is 2. The molecule has 1 heterocycles. The number of H-pyrrole nitrogens is 1. The number of amides is 1. The zero-order valence-electron chi connectivity index (χ0n) is 15.0. The maximum absolute atomic E-state index is 12.5. The van der Waals surface area contributed by atoms with Crippen LogP contribution in [0, 0.1) is 6.92 Å². The third-order valence-corrected chi connectivity index (χ3v) is 5.34. The molecule has 1 amide bonds. The lowest BCUT2D eigenvalue weighted by Gasteiger charge is -2.08. The highest BCUT2D eigenvalue weighted by Gasteiger charge is 2.11. The fourth-order valence-electron chi connectivity index (χ4n) is 2.53. The molecule has 1 aromatic heterocycles. The second-order valence-electron chi connectivity index (χ2n) is 6.08. The lowest BCUT2D eigenvalue weighted by Crippen LogP contribution is -2.19. The highest BCUT2D eigenvalue weighted by Crippen LogP contribution is 2.17. The average molecular weight is 434 g/mol. The van der Waals surface area contributed by atoms with E-state index in [1.807, 2.05) is 12.1 Å². The Morgan fingerprint density at radius 2 is 1.68 bits per heavy atom. The summed E-state index contributed by atoms with van der Waals surface area (Å²) in [5, 5.41) is 4.43. The van der Waals surface area contributed by atoms with Crippen LogP contribution >= 0.6 is 35.0 Å². The van der Waals surface area contributed by atoms with E-state index in [1.165, 1.54) is 11.8 Å². The first kappa shape index (κ1) is 20.5. The summed E-state index contributed by atoms with van der Waals surface area (Å²) in [7, 11) is 0. The van der Waals surface area contributed by atoms with E-state index in [0.29, 0.717) is 38.6 Å². The van der Waals surface area contributed by atoms with Crippen LogP contribution in [0.25, 0.3) is 0 Å². The molecule has 2 aromatic carbocycles. The molecule has 0 fully saturated rings. The summed E-state index contributed by atoms with van der Waals surface area (Å²) in [4.78, 5) is 31.7. The molecular weight excluding hydrogens is 417 g/mol. The summed E-state index contributed by atoms with van der Waals surface area (Å²) in [5.41, 5.74) is 2.66. The van der Waals surface area contributed by atoms with Gasteiger partial charge < -0.3 is 10.3 Å². The molecule has 0 aliphatic carbocycles. The van der Waals surface area contributed by atoms with Gasteiger partial charge in [-0.25, -0.2) is 4.98 Å². The number of carbonyl (C=O) groups is 1. The summed E-state index contributed by atoms with van der Waals surface area (Å²) >= 11 is 12.9. The van der Waals surface area contributed by atoms with Gasteiger partial charge in [0.15, 0.2) is 5.16 Å². The van der Waals surface area contributed by atoms with Gasteiger partial charge in [0.1, 0.15) is 0 Å². The van der Waals surface area contributed by atoms with Gasteiger partial charge in [0.25, 0.3) is 5.56 Å². The number of rotatable bonds is 6. The predicted octanol–water partition coefficient (Wildman–Crippen LogP) is 4.71. The van der Waals surface area contributed by atoms with E-state index in [1.54, 1.807) is 43.3 Å². The van der Waals surface area contributed by atoms with Crippen molar-refractivity contribution in [1.29, 1.82) is 0 Å². The van der Waals surface area contributed by atoms with Crippen molar-refractivity contribution in [3.8, 4) is 0 Å². The van der Waals surface area contributed by atoms with E-state index in [9.17, 15) is 9.59 Å². The monoisotopic (exact) mass is 433 g/mol. The van der Waals surface area contributed by atoms with Crippen LogP contribution in [0.2, 0.25) is 10.0 Å². The molecule has 2 N–H and O–H groups in total. The van der Waals surface area contributed by atoms with Gasteiger partial charge in [0, 0.05) is 33.4 Å². The Bertz CT molecular complexity index is 1030. The van der Waals surface area contributed by atoms with Crippen molar-refractivity contribution < 1.29 is 4.79 Å². The number of hydrogen-bond donors (Lipinski definition) is 2. The maximum atomic E-state index is 12.5. The SMILES string of the molecule is Cc1nc(SCC(=O)Nc2ccc(Cl)cc2)[nH]c(=O)c1Cc1ccc(Cl)cc1. The molecule has 28 heavy (non-hydrogen) atoms. The number of carbonyl (C=O) groups excluding carboxylic acids is 1. The molecule has 0 aliphatic rings. The Morgan fingerprint density at radius 1 is 1.07 bits per heavy atom.